The fraction of sp³-hybridized carbons (Fsp3) is 0.435. The molecule has 31 heavy (non-hydrogen) atoms. The highest BCUT2D eigenvalue weighted by atomic mass is 32.2. The molecule has 0 aliphatic carbocycles. The molecule has 0 saturated carbocycles. The van der Waals surface area contributed by atoms with Crippen LogP contribution in [0.15, 0.2) is 53.4 Å². The van der Waals surface area contributed by atoms with E-state index in [1.54, 1.807) is 19.2 Å². The fourth-order valence-electron chi connectivity index (χ4n) is 3.97. The van der Waals surface area contributed by atoms with Crippen LogP contribution in [-0.4, -0.2) is 59.5 Å². The Balaban J connectivity index is 1.72. The van der Waals surface area contributed by atoms with Gasteiger partial charge in [-0.25, -0.2) is 12.7 Å². The summed E-state index contributed by atoms with van der Waals surface area (Å²) >= 11 is 0. The Labute approximate surface area is 185 Å². The SMILES string of the molecule is COc1ccc([C@@H](CNC(=O)c2ccc(S(=O)(=O)N(C)C)cc2)[NH+]2CCCCC2)cc1. The van der Waals surface area contributed by atoms with Crippen LogP contribution in [0.2, 0.25) is 0 Å². The van der Waals surface area contributed by atoms with Crippen LogP contribution in [-0.2, 0) is 10.0 Å². The topological polar surface area (TPSA) is 80.1 Å². The third kappa shape index (κ3) is 5.64. The Morgan fingerprint density at radius 3 is 2.19 bits per heavy atom. The molecule has 0 unspecified atom stereocenters. The first-order valence-corrected chi connectivity index (χ1v) is 12.1. The number of likely N-dealkylation sites (tertiary alicyclic amines) is 1. The van der Waals surface area contributed by atoms with Gasteiger partial charge in [-0.1, -0.05) is 0 Å². The Morgan fingerprint density at radius 2 is 1.65 bits per heavy atom. The summed E-state index contributed by atoms with van der Waals surface area (Å²) in [5, 5.41) is 3.05. The van der Waals surface area contributed by atoms with Crippen LogP contribution in [0.5, 0.6) is 5.75 Å². The minimum atomic E-state index is -3.51. The van der Waals surface area contributed by atoms with Crippen LogP contribution in [0.4, 0.5) is 0 Å². The van der Waals surface area contributed by atoms with Crippen LogP contribution < -0.4 is 15.0 Å². The van der Waals surface area contributed by atoms with Gasteiger partial charge in [0.2, 0.25) is 10.0 Å². The molecule has 1 fully saturated rings. The molecule has 2 N–H and O–H groups in total. The van der Waals surface area contributed by atoms with E-state index < -0.39 is 10.0 Å². The zero-order valence-corrected chi connectivity index (χ0v) is 19.2. The van der Waals surface area contributed by atoms with Crippen LogP contribution in [0.25, 0.3) is 0 Å². The van der Waals surface area contributed by atoms with Crippen molar-refractivity contribution in [1.29, 1.82) is 0 Å². The van der Waals surface area contributed by atoms with E-state index >= 15 is 0 Å². The minimum Gasteiger partial charge on any atom is -0.497 e. The maximum atomic E-state index is 12.8. The fourth-order valence-corrected chi connectivity index (χ4v) is 4.88. The molecule has 168 valence electrons. The van der Waals surface area contributed by atoms with Crippen LogP contribution in [0.3, 0.4) is 0 Å². The zero-order valence-electron chi connectivity index (χ0n) is 18.4. The van der Waals surface area contributed by atoms with Gasteiger partial charge in [-0.15, -0.1) is 0 Å². The molecule has 0 bridgehead atoms. The van der Waals surface area contributed by atoms with Crippen molar-refractivity contribution in [1.82, 2.24) is 9.62 Å². The molecule has 0 spiro atoms. The number of nitrogens with zero attached hydrogens (tertiary/aromatic N) is 1. The van der Waals surface area contributed by atoms with Crippen LogP contribution in [0.1, 0.15) is 41.2 Å². The number of quaternary nitrogens is 1. The Kier molecular flexibility index (Phi) is 7.69. The molecule has 1 aliphatic rings. The maximum absolute atomic E-state index is 12.8. The lowest BCUT2D eigenvalue weighted by Crippen LogP contribution is -3.13. The molecule has 1 heterocycles. The molecule has 1 saturated heterocycles. The Bertz CT molecular complexity index is 967. The molecule has 8 heteroatoms. The first-order valence-electron chi connectivity index (χ1n) is 10.6. The second-order valence-corrected chi connectivity index (χ2v) is 10.2. The highest BCUT2D eigenvalue weighted by Gasteiger charge is 2.27. The third-order valence-corrected chi connectivity index (χ3v) is 7.70. The number of benzene rings is 2. The molecule has 1 amide bonds. The Morgan fingerprint density at radius 1 is 1.03 bits per heavy atom. The number of carbonyl (C=O) groups is 1. The van der Waals surface area contributed by atoms with E-state index in [4.69, 9.17) is 4.74 Å². The van der Waals surface area contributed by atoms with Gasteiger partial charge in [0.05, 0.1) is 31.6 Å². The summed E-state index contributed by atoms with van der Waals surface area (Å²) < 4.78 is 30.9. The second kappa shape index (κ2) is 10.3. The van der Waals surface area contributed by atoms with Gasteiger partial charge in [-0.05, 0) is 67.8 Å². The lowest BCUT2D eigenvalue weighted by molar-refractivity contribution is -0.935. The highest BCUT2D eigenvalue weighted by molar-refractivity contribution is 7.89. The van der Waals surface area contributed by atoms with Crippen molar-refractivity contribution in [2.24, 2.45) is 0 Å². The predicted molar refractivity (Wildman–Crippen MR) is 120 cm³/mol. The lowest BCUT2D eigenvalue weighted by atomic mass is 10.0. The molecule has 0 radical (unpaired) electrons. The number of nitrogens with one attached hydrogen (secondary N) is 2. The van der Waals surface area contributed by atoms with Crippen LogP contribution in [0, 0.1) is 0 Å². The first kappa shape index (κ1) is 23.2. The number of sulfonamides is 1. The highest BCUT2D eigenvalue weighted by Crippen LogP contribution is 2.17. The monoisotopic (exact) mass is 446 g/mol. The van der Waals surface area contributed by atoms with E-state index in [1.807, 2.05) is 12.1 Å². The number of hydrogen-bond acceptors (Lipinski definition) is 4. The van der Waals surface area contributed by atoms with Gasteiger partial charge in [0.1, 0.15) is 11.8 Å². The summed E-state index contributed by atoms with van der Waals surface area (Å²) in [6, 6.07) is 14.3. The van der Waals surface area contributed by atoms with E-state index in [1.165, 1.54) is 56.0 Å². The molecule has 3 rings (SSSR count). The average molecular weight is 447 g/mol. The normalized spacial score (nSPS) is 16.1. The summed E-state index contributed by atoms with van der Waals surface area (Å²) in [4.78, 5) is 14.4. The molecule has 1 aliphatic heterocycles. The van der Waals surface area contributed by atoms with Gasteiger partial charge >= 0.3 is 0 Å². The largest absolute Gasteiger partial charge is 0.497 e. The van der Waals surface area contributed by atoms with E-state index in [-0.39, 0.29) is 16.8 Å². The number of methoxy groups -OCH3 is 1. The van der Waals surface area contributed by atoms with Crippen molar-refractivity contribution in [2.45, 2.75) is 30.2 Å². The van der Waals surface area contributed by atoms with Gasteiger partial charge in [-0.2, -0.15) is 0 Å². The smallest absolute Gasteiger partial charge is 0.251 e. The molecule has 2 aromatic carbocycles. The first-order chi connectivity index (χ1) is 14.8. The third-order valence-electron chi connectivity index (χ3n) is 5.87. The standard InChI is InChI=1S/C23H31N3O4S/c1-25(2)31(28,29)21-13-9-19(10-14-21)23(27)24-17-22(26-15-5-4-6-16-26)18-7-11-20(30-3)12-8-18/h7-14,22H,4-6,15-17H2,1-3H3,(H,24,27)/p+1/t22-/m1/s1. The minimum absolute atomic E-state index is 0.156. The van der Waals surface area contributed by atoms with E-state index in [2.05, 4.69) is 17.4 Å². The Hall–Kier alpha value is -2.42. The molecular formula is C23H32N3O4S+. The summed E-state index contributed by atoms with van der Waals surface area (Å²) in [7, 11) is 1.11. The van der Waals surface area contributed by atoms with Crippen molar-refractivity contribution in [2.75, 3.05) is 40.8 Å². The van der Waals surface area contributed by atoms with Crippen molar-refractivity contribution >= 4 is 15.9 Å². The number of rotatable bonds is 8. The predicted octanol–water partition coefficient (Wildman–Crippen LogP) is 1.49. The number of piperidine rings is 1. The van der Waals surface area contributed by atoms with Gasteiger partial charge in [0.25, 0.3) is 5.91 Å². The molecule has 2 aromatic rings. The number of carbonyl (C=O) groups excluding carboxylic acids is 1. The number of hydrogen-bond donors (Lipinski definition) is 2. The summed E-state index contributed by atoms with van der Waals surface area (Å²) in [5.41, 5.74) is 1.62. The summed E-state index contributed by atoms with van der Waals surface area (Å²) in [6.45, 7) is 2.69. The molecule has 7 nitrogen and oxygen atoms in total. The van der Waals surface area contributed by atoms with Crippen LogP contribution >= 0.6 is 0 Å². The van der Waals surface area contributed by atoms with E-state index in [9.17, 15) is 13.2 Å². The van der Waals surface area contributed by atoms with E-state index in [0.29, 0.717) is 12.1 Å². The number of amides is 1. The molecule has 1 atom stereocenters. The maximum Gasteiger partial charge on any atom is 0.251 e. The quantitative estimate of drug-likeness (QED) is 0.644. The zero-order chi connectivity index (χ0) is 22.4. The second-order valence-electron chi connectivity index (χ2n) is 8.07. The van der Waals surface area contributed by atoms with Gasteiger partial charge in [-0.3, -0.25) is 4.79 Å². The van der Waals surface area contributed by atoms with Gasteiger partial charge in [0.15, 0.2) is 0 Å². The molecule has 0 aromatic heterocycles. The lowest BCUT2D eigenvalue weighted by Gasteiger charge is -2.32. The van der Waals surface area contributed by atoms with E-state index in [0.717, 1.165) is 23.1 Å². The summed E-state index contributed by atoms with van der Waals surface area (Å²) in [5.74, 6) is 0.608. The molecular weight excluding hydrogens is 414 g/mol. The summed E-state index contributed by atoms with van der Waals surface area (Å²) in [6.07, 6.45) is 3.64. The van der Waals surface area contributed by atoms with Gasteiger partial charge < -0.3 is 15.0 Å². The van der Waals surface area contributed by atoms with Crippen molar-refractivity contribution in [3.8, 4) is 5.75 Å². The average Bonchev–Trinajstić information content (AvgIpc) is 2.80. The van der Waals surface area contributed by atoms with Crippen molar-refractivity contribution in [3.05, 3.63) is 59.7 Å². The van der Waals surface area contributed by atoms with Gasteiger partial charge in [0, 0.05) is 25.2 Å². The van der Waals surface area contributed by atoms with Crippen molar-refractivity contribution < 1.29 is 22.8 Å². The number of ether oxygens (including phenoxy) is 1. The van der Waals surface area contributed by atoms with Crippen molar-refractivity contribution in [3.63, 3.8) is 0 Å².